The van der Waals surface area contributed by atoms with E-state index in [-0.39, 0.29) is 30.1 Å². The fraction of sp³-hybridized carbons (Fsp3) is 0.550. The summed E-state index contributed by atoms with van der Waals surface area (Å²) in [5.41, 5.74) is -0.329. The van der Waals surface area contributed by atoms with E-state index in [0.717, 1.165) is 12.8 Å². The van der Waals surface area contributed by atoms with Crippen molar-refractivity contribution >= 4 is 11.5 Å². The second-order valence-electron chi connectivity index (χ2n) is 7.18. The maximum absolute atomic E-state index is 14.4. The van der Waals surface area contributed by atoms with Gasteiger partial charge in [0.05, 0.1) is 5.69 Å². The van der Waals surface area contributed by atoms with Crippen molar-refractivity contribution in [3.63, 3.8) is 0 Å². The number of anilines is 1. The molecule has 1 aromatic carbocycles. The van der Waals surface area contributed by atoms with Gasteiger partial charge in [-0.2, -0.15) is 0 Å². The van der Waals surface area contributed by atoms with Gasteiger partial charge >= 0.3 is 0 Å². The van der Waals surface area contributed by atoms with Crippen molar-refractivity contribution in [2.24, 2.45) is 11.8 Å². The van der Waals surface area contributed by atoms with Crippen LogP contribution in [0.1, 0.15) is 38.7 Å². The minimum Gasteiger partial charge on any atom is -0.469 e. The molecule has 4 nitrogen and oxygen atoms in total. The van der Waals surface area contributed by atoms with Crippen LogP contribution in [0.25, 0.3) is 0 Å². The summed E-state index contributed by atoms with van der Waals surface area (Å²) in [5.74, 6) is -0.656. The largest absolute Gasteiger partial charge is 0.469 e. The monoisotopic (exact) mass is 365 g/mol. The molecular formula is C20H25F2NO3. The van der Waals surface area contributed by atoms with Gasteiger partial charge < -0.3 is 14.8 Å². The molecule has 3 atom stereocenters. The highest BCUT2D eigenvalue weighted by molar-refractivity contribution is 5.93. The predicted octanol–water partition coefficient (Wildman–Crippen LogP) is 4.20. The number of ether oxygens (including phenoxy) is 2. The van der Waals surface area contributed by atoms with Crippen LogP contribution < -0.4 is 5.32 Å². The van der Waals surface area contributed by atoms with E-state index in [1.807, 2.05) is 13.8 Å². The van der Waals surface area contributed by atoms with Crippen molar-refractivity contribution in [3.05, 3.63) is 41.2 Å². The first kappa shape index (κ1) is 18.8. The third kappa shape index (κ3) is 3.22. The van der Waals surface area contributed by atoms with Gasteiger partial charge in [0, 0.05) is 25.1 Å². The summed E-state index contributed by atoms with van der Waals surface area (Å²) in [6.45, 7) is 4.05. The molecule has 1 aliphatic carbocycles. The number of carbonyl (C=O) groups is 1. The molecule has 1 unspecified atom stereocenters. The molecule has 0 amide bonds. The first-order chi connectivity index (χ1) is 12.4. The Morgan fingerprint density at radius 3 is 2.81 bits per heavy atom. The highest BCUT2D eigenvalue weighted by atomic mass is 19.1. The first-order valence-electron chi connectivity index (χ1n) is 9.09. The molecular weight excluding hydrogens is 340 g/mol. The fourth-order valence-corrected chi connectivity index (χ4v) is 4.04. The quantitative estimate of drug-likeness (QED) is 0.821. The summed E-state index contributed by atoms with van der Waals surface area (Å²) < 4.78 is 40.0. The maximum Gasteiger partial charge on any atom is 0.189 e. The fourth-order valence-electron chi connectivity index (χ4n) is 4.04. The van der Waals surface area contributed by atoms with E-state index in [4.69, 9.17) is 9.47 Å². The summed E-state index contributed by atoms with van der Waals surface area (Å²) in [5, 5.41) is 2.63. The van der Waals surface area contributed by atoms with Crippen molar-refractivity contribution in [1.82, 2.24) is 0 Å². The molecule has 6 heteroatoms. The van der Waals surface area contributed by atoms with Gasteiger partial charge in [0.15, 0.2) is 12.6 Å². The summed E-state index contributed by atoms with van der Waals surface area (Å²) in [4.78, 5) is 12.3. The molecule has 0 spiro atoms. The smallest absolute Gasteiger partial charge is 0.189 e. The maximum atomic E-state index is 14.4. The Kier molecular flexibility index (Phi) is 5.32. The molecule has 0 radical (unpaired) electrons. The van der Waals surface area contributed by atoms with Crippen molar-refractivity contribution in [2.45, 2.75) is 45.1 Å². The van der Waals surface area contributed by atoms with Crippen LogP contribution in [0.5, 0.6) is 0 Å². The van der Waals surface area contributed by atoms with Gasteiger partial charge in [-0.1, -0.05) is 20.3 Å². The number of allylic oxidation sites excluding steroid dienone is 1. The average Bonchev–Trinajstić information content (AvgIpc) is 3.02. The Balaban J connectivity index is 1.88. The molecule has 1 N–H and O–H groups in total. The summed E-state index contributed by atoms with van der Waals surface area (Å²) >= 11 is 0. The molecule has 2 aliphatic rings. The Hall–Kier alpha value is -1.95. The Morgan fingerprint density at radius 1 is 1.35 bits per heavy atom. The SMILES string of the molecule is CCC[C@@H]1C[C@@]2(C(C)Cc3cc(F)c(NC)cc3F)OCOC2=CC1=O. The third-order valence-corrected chi connectivity index (χ3v) is 5.54. The number of fused-ring (bicyclic) bond motifs is 1. The van der Waals surface area contributed by atoms with Crippen LogP contribution in [0.4, 0.5) is 14.5 Å². The lowest BCUT2D eigenvalue weighted by Crippen LogP contribution is -2.45. The standard InChI is InChI=1S/C20H25F2NO3/c1-4-5-13-10-20(19(9-18(13)24)25-11-26-20)12(2)6-14-7-16(22)17(23-3)8-15(14)21/h7-9,12-13,23H,4-6,10-11H2,1-3H3/t12?,13-,20+/m1/s1. The van der Waals surface area contributed by atoms with Crippen LogP contribution in [0.2, 0.25) is 0 Å². The number of hydrogen-bond acceptors (Lipinski definition) is 4. The molecule has 1 aromatic rings. The lowest BCUT2D eigenvalue weighted by Gasteiger charge is -2.38. The number of hydrogen-bond donors (Lipinski definition) is 1. The van der Waals surface area contributed by atoms with Gasteiger partial charge in [-0.05, 0) is 36.8 Å². The van der Waals surface area contributed by atoms with Gasteiger partial charge in [0.25, 0.3) is 0 Å². The molecule has 0 saturated carbocycles. The van der Waals surface area contributed by atoms with Crippen LogP contribution in [-0.4, -0.2) is 25.2 Å². The Bertz CT molecular complexity index is 734. The molecule has 1 aliphatic heterocycles. The molecule has 3 rings (SSSR count). The van der Waals surface area contributed by atoms with Gasteiger partial charge in [-0.15, -0.1) is 0 Å². The summed E-state index contributed by atoms with van der Waals surface area (Å²) in [7, 11) is 1.55. The topological polar surface area (TPSA) is 47.6 Å². The van der Waals surface area contributed by atoms with Crippen molar-refractivity contribution in [2.75, 3.05) is 19.2 Å². The van der Waals surface area contributed by atoms with Crippen LogP contribution in [0.15, 0.2) is 24.0 Å². The van der Waals surface area contributed by atoms with Gasteiger partial charge in [-0.3, -0.25) is 4.79 Å². The number of benzene rings is 1. The lowest BCUT2D eigenvalue weighted by atomic mass is 9.71. The van der Waals surface area contributed by atoms with E-state index in [0.29, 0.717) is 24.2 Å². The highest BCUT2D eigenvalue weighted by Crippen LogP contribution is 2.46. The molecule has 26 heavy (non-hydrogen) atoms. The van der Waals surface area contributed by atoms with Crippen molar-refractivity contribution in [3.8, 4) is 0 Å². The molecule has 1 fully saturated rings. The van der Waals surface area contributed by atoms with Gasteiger partial charge in [-0.25, -0.2) is 8.78 Å². The van der Waals surface area contributed by atoms with E-state index < -0.39 is 17.2 Å². The summed E-state index contributed by atoms with van der Waals surface area (Å²) in [6.07, 6.45) is 4.02. The van der Waals surface area contributed by atoms with E-state index in [9.17, 15) is 13.6 Å². The molecule has 142 valence electrons. The van der Waals surface area contributed by atoms with E-state index in [1.54, 1.807) is 7.05 Å². The molecule has 0 bridgehead atoms. The number of rotatable bonds is 6. The Labute approximate surface area is 152 Å². The summed E-state index contributed by atoms with van der Waals surface area (Å²) in [6, 6.07) is 2.40. The molecule has 1 heterocycles. The zero-order chi connectivity index (χ0) is 18.9. The zero-order valence-corrected chi connectivity index (χ0v) is 15.4. The first-order valence-corrected chi connectivity index (χ1v) is 9.09. The lowest BCUT2D eigenvalue weighted by molar-refractivity contribution is -0.123. The van der Waals surface area contributed by atoms with Crippen LogP contribution in [0.3, 0.4) is 0 Å². The van der Waals surface area contributed by atoms with Crippen molar-refractivity contribution < 1.29 is 23.0 Å². The second kappa shape index (κ2) is 7.35. The highest BCUT2D eigenvalue weighted by Gasteiger charge is 2.51. The second-order valence-corrected chi connectivity index (χ2v) is 7.18. The number of halogens is 2. The van der Waals surface area contributed by atoms with Gasteiger partial charge in [0.1, 0.15) is 23.0 Å². The number of ketones is 1. The zero-order valence-electron chi connectivity index (χ0n) is 15.4. The average molecular weight is 365 g/mol. The Morgan fingerprint density at radius 2 is 2.12 bits per heavy atom. The minimum atomic E-state index is -0.752. The minimum absolute atomic E-state index is 0.0609. The normalized spacial score (nSPS) is 26.1. The number of nitrogens with one attached hydrogen (secondary N) is 1. The number of carbonyl (C=O) groups excluding carboxylic acids is 1. The molecule has 1 saturated heterocycles. The van der Waals surface area contributed by atoms with E-state index in [1.165, 1.54) is 18.2 Å². The predicted molar refractivity (Wildman–Crippen MR) is 94.6 cm³/mol. The van der Waals surface area contributed by atoms with Gasteiger partial charge in [0.2, 0.25) is 0 Å². The van der Waals surface area contributed by atoms with Crippen LogP contribution >= 0.6 is 0 Å². The van der Waals surface area contributed by atoms with Crippen LogP contribution in [-0.2, 0) is 20.7 Å². The van der Waals surface area contributed by atoms with Crippen LogP contribution in [0, 0.1) is 23.5 Å². The molecule has 0 aromatic heterocycles. The third-order valence-electron chi connectivity index (χ3n) is 5.54. The van der Waals surface area contributed by atoms with Crippen molar-refractivity contribution in [1.29, 1.82) is 0 Å². The van der Waals surface area contributed by atoms with E-state index in [2.05, 4.69) is 5.32 Å². The van der Waals surface area contributed by atoms with E-state index >= 15 is 0 Å².